The molecule has 0 aliphatic rings. The van der Waals surface area contributed by atoms with E-state index in [1.54, 1.807) is 6.92 Å². The van der Waals surface area contributed by atoms with Crippen LogP contribution in [0.1, 0.15) is 5.56 Å². The van der Waals surface area contributed by atoms with E-state index in [1.807, 2.05) is 0 Å². The SMILES string of the molecule is Cc1cc(NS(=O)(=O)c2ccc(N)cc2Br)ccc1F. The zero-order valence-corrected chi connectivity index (χ0v) is 12.9. The largest absolute Gasteiger partial charge is 0.399 e. The van der Waals surface area contributed by atoms with Crippen molar-refractivity contribution < 1.29 is 12.8 Å². The molecule has 0 heterocycles. The van der Waals surface area contributed by atoms with Crippen molar-refractivity contribution >= 4 is 37.3 Å². The second-order valence-corrected chi connectivity index (χ2v) is 6.76. The van der Waals surface area contributed by atoms with Gasteiger partial charge >= 0.3 is 0 Å². The summed E-state index contributed by atoms with van der Waals surface area (Å²) in [5, 5.41) is 0. The zero-order valence-electron chi connectivity index (χ0n) is 10.5. The third-order valence-electron chi connectivity index (χ3n) is 2.66. The number of nitrogens with two attached hydrogens (primary N) is 1. The third kappa shape index (κ3) is 3.10. The topological polar surface area (TPSA) is 72.2 Å². The number of nitrogens with one attached hydrogen (secondary N) is 1. The molecule has 20 heavy (non-hydrogen) atoms. The van der Waals surface area contributed by atoms with Gasteiger partial charge in [-0.05, 0) is 64.8 Å². The van der Waals surface area contributed by atoms with Crippen LogP contribution in [0.2, 0.25) is 0 Å². The summed E-state index contributed by atoms with van der Waals surface area (Å²) in [6.45, 7) is 1.56. The highest BCUT2D eigenvalue weighted by Crippen LogP contribution is 2.26. The number of nitrogen functional groups attached to an aromatic ring is 1. The van der Waals surface area contributed by atoms with Crippen LogP contribution in [0, 0.1) is 12.7 Å². The highest BCUT2D eigenvalue weighted by atomic mass is 79.9. The van der Waals surface area contributed by atoms with Crippen molar-refractivity contribution in [3.8, 4) is 0 Å². The number of rotatable bonds is 3. The van der Waals surface area contributed by atoms with Crippen LogP contribution in [0.15, 0.2) is 45.8 Å². The number of sulfonamides is 1. The minimum atomic E-state index is -3.77. The van der Waals surface area contributed by atoms with E-state index in [9.17, 15) is 12.8 Å². The van der Waals surface area contributed by atoms with E-state index in [1.165, 1.54) is 36.4 Å². The third-order valence-corrected chi connectivity index (χ3v) is 5.01. The molecule has 4 nitrogen and oxygen atoms in total. The van der Waals surface area contributed by atoms with Crippen molar-refractivity contribution in [1.82, 2.24) is 0 Å². The predicted octanol–water partition coefficient (Wildman–Crippen LogP) is 3.28. The lowest BCUT2D eigenvalue weighted by atomic mass is 10.2. The van der Waals surface area contributed by atoms with Crippen molar-refractivity contribution in [2.45, 2.75) is 11.8 Å². The Kier molecular flexibility index (Phi) is 4.01. The quantitative estimate of drug-likeness (QED) is 0.827. The molecule has 0 unspecified atom stereocenters. The fourth-order valence-corrected chi connectivity index (χ4v) is 3.80. The second kappa shape index (κ2) is 5.41. The van der Waals surface area contributed by atoms with E-state index in [0.717, 1.165) is 0 Å². The number of aryl methyl sites for hydroxylation is 1. The average Bonchev–Trinajstić information content (AvgIpc) is 2.33. The maximum Gasteiger partial charge on any atom is 0.263 e. The number of anilines is 2. The summed E-state index contributed by atoms with van der Waals surface area (Å²) in [5.41, 5.74) is 6.69. The van der Waals surface area contributed by atoms with E-state index in [-0.39, 0.29) is 10.7 Å². The maximum atomic E-state index is 13.2. The van der Waals surface area contributed by atoms with Crippen LogP contribution in [0.25, 0.3) is 0 Å². The molecule has 3 N–H and O–H groups in total. The van der Waals surface area contributed by atoms with Gasteiger partial charge in [0.05, 0.1) is 0 Å². The molecule has 0 atom stereocenters. The molecule has 0 spiro atoms. The van der Waals surface area contributed by atoms with Gasteiger partial charge in [0.2, 0.25) is 0 Å². The van der Waals surface area contributed by atoms with Crippen LogP contribution in [-0.2, 0) is 10.0 Å². The van der Waals surface area contributed by atoms with Crippen molar-refractivity contribution in [2.24, 2.45) is 0 Å². The first-order valence-corrected chi connectivity index (χ1v) is 7.91. The molecule has 2 aromatic rings. The molecule has 0 aliphatic carbocycles. The first kappa shape index (κ1) is 14.8. The molecule has 7 heteroatoms. The van der Waals surface area contributed by atoms with Gasteiger partial charge in [0.1, 0.15) is 10.7 Å². The Morgan fingerprint density at radius 2 is 1.90 bits per heavy atom. The van der Waals surface area contributed by atoms with Crippen molar-refractivity contribution in [1.29, 1.82) is 0 Å². The molecule has 2 aromatic carbocycles. The lowest BCUT2D eigenvalue weighted by Gasteiger charge is -2.10. The van der Waals surface area contributed by atoms with Crippen LogP contribution < -0.4 is 10.5 Å². The van der Waals surface area contributed by atoms with E-state index >= 15 is 0 Å². The summed E-state index contributed by atoms with van der Waals surface area (Å²) in [5.74, 6) is -0.387. The first-order chi connectivity index (χ1) is 9.29. The predicted molar refractivity (Wildman–Crippen MR) is 80.5 cm³/mol. The molecule has 2 rings (SSSR count). The standard InChI is InChI=1S/C13H12BrFN2O2S/c1-8-6-10(3-4-12(8)15)17-20(18,19)13-5-2-9(16)7-11(13)14/h2-7,17H,16H2,1H3. The molecule has 0 bridgehead atoms. The highest BCUT2D eigenvalue weighted by Gasteiger charge is 2.18. The lowest BCUT2D eigenvalue weighted by Crippen LogP contribution is -2.14. The summed E-state index contributed by atoms with van der Waals surface area (Å²) in [6.07, 6.45) is 0. The summed E-state index contributed by atoms with van der Waals surface area (Å²) in [4.78, 5) is 0.0636. The number of halogens is 2. The van der Waals surface area contributed by atoms with Gasteiger partial charge in [-0.15, -0.1) is 0 Å². The van der Waals surface area contributed by atoms with Gasteiger partial charge in [-0.2, -0.15) is 0 Å². The number of hydrogen-bond acceptors (Lipinski definition) is 3. The Bertz CT molecular complexity index is 763. The Morgan fingerprint density at radius 3 is 2.50 bits per heavy atom. The fraction of sp³-hybridized carbons (Fsp3) is 0.0769. The van der Waals surface area contributed by atoms with E-state index in [4.69, 9.17) is 5.73 Å². The zero-order chi connectivity index (χ0) is 14.9. The molecular formula is C13H12BrFN2O2S. The smallest absolute Gasteiger partial charge is 0.263 e. The monoisotopic (exact) mass is 358 g/mol. The molecule has 0 radical (unpaired) electrons. The van der Waals surface area contributed by atoms with Crippen LogP contribution in [0.5, 0.6) is 0 Å². The summed E-state index contributed by atoms with van der Waals surface area (Å²) in [7, 11) is -3.77. The Hall–Kier alpha value is -1.60. The van der Waals surface area contributed by atoms with Gasteiger partial charge in [-0.3, -0.25) is 4.72 Å². The van der Waals surface area contributed by atoms with Gasteiger partial charge < -0.3 is 5.73 Å². The lowest BCUT2D eigenvalue weighted by molar-refractivity contribution is 0.600. The minimum absolute atomic E-state index is 0.0636. The van der Waals surface area contributed by atoms with Gasteiger partial charge in [-0.1, -0.05) is 0 Å². The van der Waals surface area contributed by atoms with Crippen LogP contribution in [-0.4, -0.2) is 8.42 Å². The summed E-state index contributed by atoms with van der Waals surface area (Å²) < 4.78 is 40.4. The second-order valence-electron chi connectivity index (χ2n) is 4.26. The molecule has 0 amide bonds. The maximum absolute atomic E-state index is 13.2. The minimum Gasteiger partial charge on any atom is -0.399 e. The fourth-order valence-electron chi connectivity index (χ4n) is 1.65. The molecule has 106 valence electrons. The van der Waals surface area contributed by atoms with Crippen LogP contribution in [0.4, 0.5) is 15.8 Å². The normalized spacial score (nSPS) is 11.3. The van der Waals surface area contributed by atoms with Gasteiger partial charge in [0.25, 0.3) is 10.0 Å². The van der Waals surface area contributed by atoms with E-state index in [0.29, 0.717) is 21.4 Å². The van der Waals surface area contributed by atoms with Crippen molar-refractivity contribution in [3.63, 3.8) is 0 Å². The molecular weight excluding hydrogens is 347 g/mol. The summed E-state index contributed by atoms with van der Waals surface area (Å²) >= 11 is 3.16. The van der Waals surface area contributed by atoms with Gasteiger partial charge in [0, 0.05) is 15.8 Å². The molecule has 0 fully saturated rings. The Labute approximate surface area is 125 Å². The van der Waals surface area contributed by atoms with Crippen molar-refractivity contribution in [2.75, 3.05) is 10.5 Å². The first-order valence-electron chi connectivity index (χ1n) is 5.63. The van der Waals surface area contributed by atoms with Gasteiger partial charge in [0.15, 0.2) is 0 Å². The number of hydrogen-bond donors (Lipinski definition) is 2. The van der Waals surface area contributed by atoms with Crippen LogP contribution in [0.3, 0.4) is 0 Å². The molecule has 0 saturated carbocycles. The van der Waals surface area contributed by atoms with Gasteiger partial charge in [-0.25, -0.2) is 12.8 Å². The van der Waals surface area contributed by atoms with E-state index < -0.39 is 10.0 Å². The average molecular weight is 359 g/mol. The van der Waals surface area contributed by atoms with Crippen molar-refractivity contribution in [3.05, 3.63) is 52.3 Å². The Morgan fingerprint density at radius 1 is 1.20 bits per heavy atom. The molecule has 0 aromatic heterocycles. The van der Waals surface area contributed by atoms with Crippen LogP contribution >= 0.6 is 15.9 Å². The van der Waals surface area contributed by atoms with E-state index in [2.05, 4.69) is 20.7 Å². The highest BCUT2D eigenvalue weighted by molar-refractivity contribution is 9.10. The Balaban J connectivity index is 2.38. The summed E-state index contributed by atoms with van der Waals surface area (Å²) in [6, 6.07) is 8.41. The molecule has 0 saturated heterocycles. The molecule has 0 aliphatic heterocycles. The number of benzene rings is 2.